The molecule has 0 saturated carbocycles. The third-order valence-electron chi connectivity index (χ3n) is 2.18. The molecule has 0 aromatic heterocycles. The average Bonchev–Trinajstić information content (AvgIpc) is 2.26. The summed E-state index contributed by atoms with van der Waals surface area (Å²) in [7, 11) is 1.46. The third-order valence-corrected chi connectivity index (χ3v) is 2.18. The van der Waals surface area contributed by atoms with Crippen LogP contribution in [0.25, 0.3) is 0 Å². The van der Waals surface area contributed by atoms with Gasteiger partial charge < -0.3 is 4.74 Å². The Hall–Kier alpha value is 0.930. The van der Waals surface area contributed by atoms with E-state index in [2.05, 4.69) is 44.2 Å². The molecule has 0 radical (unpaired) electrons. The van der Waals surface area contributed by atoms with Crippen LogP contribution in [0.2, 0.25) is 0 Å². The number of carbonyl (C=O) groups is 1. The molecule has 0 aliphatic rings. The number of halogens is 2. The number of methoxy groups -OCH3 is 1. The standard InChI is InChI=1S/C10H20O2.I2/c1-4-6-7-8-9(5-2)10(11)12-3;1-2/h9H,4-8H2,1-3H3;. The first kappa shape index (κ1) is 17.3. The van der Waals surface area contributed by atoms with Crippen molar-refractivity contribution in [2.24, 2.45) is 5.92 Å². The van der Waals surface area contributed by atoms with Crippen LogP contribution in [0, 0.1) is 5.92 Å². The first-order valence-corrected chi connectivity index (χ1v) is 11.3. The zero-order valence-electron chi connectivity index (χ0n) is 9.19. The summed E-state index contributed by atoms with van der Waals surface area (Å²) in [4.78, 5) is 11.1. The van der Waals surface area contributed by atoms with E-state index >= 15 is 0 Å². The van der Waals surface area contributed by atoms with Gasteiger partial charge >= 0.3 is 5.97 Å². The van der Waals surface area contributed by atoms with Gasteiger partial charge in [0.2, 0.25) is 0 Å². The normalized spacial score (nSPS) is 11.2. The number of ether oxygens (including phenoxy) is 1. The lowest BCUT2D eigenvalue weighted by Gasteiger charge is -2.10. The predicted octanol–water partition coefficient (Wildman–Crippen LogP) is 4.54. The monoisotopic (exact) mass is 426 g/mol. The molecule has 0 aliphatic carbocycles. The second-order valence-electron chi connectivity index (χ2n) is 3.12. The van der Waals surface area contributed by atoms with E-state index in [-0.39, 0.29) is 11.9 Å². The number of carbonyl (C=O) groups excluding carboxylic acids is 1. The Bertz CT molecular complexity index is 129. The molecule has 0 bridgehead atoms. The summed E-state index contributed by atoms with van der Waals surface area (Å²) in [6.07, 6.45) is 5.45. The Morgan fingerprint density at radius 3 is 2.21 bits per heavy atom. The van der Waals surface area contributed by atoms with Crippen molar-refractivity contribution in [2.75, 3.05) is 7.11 Å². The number of hydrogen-bond donors (Lipinski definition) is 0. The molecular formula is C10H20I2O2. The average molecular weight is 426 g/mol. The van der Waals surface area contributed by atoms with E-state index in [0.717, 1.165) is 19.3 Å². The number of unbranched alkanes of at least 4 members (excludes halogenated alkanes) is 2. The Kier molecular flexibility index (Phi) is 17.2. The van der Waals surface area contributed by atoms with Crippen molar-refractivity contribution in [2.45, 2.75) is 46.0 Å². The van der Waals surface area contributed by atoms with E-state index in [1.807, 2.05) is 6.92 Å². The Balaban J connectivity index is 0. The molecule has 0 aromatic carbocycles. The molecule has 0 saturated heterocycles. The van der Waals surface area contributed by atoms with Gasteiger partial charge in [-0.2, -0.15) is 0 Å². The first-order chi connectivity index (χ1) is 6.76. The van der Waals surface area contributed by atoms with Gasteiger partial charge in [-0.3, -0.25) is 4.79 Å². The zero-order chi connectivity index (χ0) is 11.4. The topological polar surface area (TPSA) is 26.3 Å². The maximum Gasteiger partial charge on any atom is 0.308 e. The summed E-state index contributed by atoms with van der Waals surface area (Å²) in [6, 6.07) is 0. The van der Waals surface area contributed by atoms with Crippen LogP contribution in [0.15, 0.2) is 0 Å². The zero-order valence-corrected chi connectivity index (χ0v) is 13.5. The highest BCUT2D eigenvalue weighted by Crippen LogP contribution is 2.14. The van der Waals surface area contributed by atoms with Gasteiger partial charge in [0.1, 0.15) is 0 Å². The molecule has 1 atom stereocenters. The summed E-state index contributed by atoms with van der Waals surface area (Å²) < 4.78 is 4.69. The molecule has 0 N–H and O–H groups in total. The van der Waals surface area contributed by atoms with Gasteiger partial charge in [-0.15, -0.1) is 0 Å². The van der Waals surface area contributed by atoms with Gasteiger partial charge in [-0.1, -0.05) is 33.1 Å². The highest BCUT2D eigenvalue weighted by Gasteiger charge is 2.15. The minimum atomic E-state index is -0.0476. The van der Waals surface area contributed by atoms with Gasteiger partial charge in [-0.25, -0.2) is 0 Å². The van der Waals surface area contributed by atoms with Crippen LogP contribution >= 0.6 is 37.2 Å². The van der Waals surface area contributed by atoms with Crippen LogP contribution in [-0.2, 0) is 9.53 Å². The van der Waals surface area contributed by atoms with Crippen molar-refractivity contribution in [3.63, 3.8) is 0 Å². The van der Waals surface area contributed by atoms with E-state index in [4.69, 9.17) is 4.74 Å². The third kappa shape index (κ3) is 9.48. The lowest BCUT2D eigenvalue weighted by Crippen LogP contribution is -2.15. The van der Waals surface area contributed by atoms with Crippen LogP contribution in [0.3, 0.4) is 0 Å². The molecule has 0 aliphatic heterocycles. The molecule has 0 spiro atoms. The van der Waals surface area contributed by atoms with Gasteiger partial charge in [0.25, 0.3) is 0 Å². The maximum absolute atomic E-state index is 11.1. The number of rotatable bonds is 6. The molecule has 2 nitrogen and oxygen atoms in total. The molecule has 1 unspecified atom stereocenters. The van der Waals surface area contributed by atoms with Crippen molar-refractivity contribution in [1.29, 1.82) is 0 Å². The number of hydrogen-bond acceptors (Lipinski definition) is 2. The fourth-order valence-corrected chi connectivity index (χ4v) is 1.30. The van der Waals surface area contributed by atoms with Crippen LogP contribution in [0.5, 0.6) is 0 Å². The molecule has 0 aromatic rings. The van der Waals surface area contributed by atoms with E-state index < -0.39 is 0 Å². The van der Waals surface area contributed by atoms with Crippen molar-refractivity contribution >= 4 is 43.2 Å². The smallest absolute Gasteiger partial charge is 0.308 e. The lowest BCUT2D eigenvalue weighted by atomic mass is 9.99. The van der Waals surface area contributed by atoms with Crippen LogP contribution in [0.4, 0.5) is 0 Å². The highest BCUT2D eigenvalue weighted by molar-refractivity contribution is 15.0. The Labute approximate surface area is 111 Å². The maximum atomic E-state index is 11.1. The summed E-state index contributed by atoms with van der Waals surface area (Å²) in [5, 5.41) is 0. The Morgan fingerprint density at radius 1 is 1.29 bits per heavy atom. The molecule has 14 heavy (non-hydrogen) atoms. The molecular weight excluding hydrogens is 406 g/mol. The fraction of sp³-hybridized carbons (Fsp3) is 0.900. The molecule has 86 valence electrons. The number of esters is 1. The second kappa shape index (κ2) is 13.9. The largest absolute Gasteiger partial charge is 0.469 e. The van der Waals surface area contributed by atoms with Gasteiger partial charge in [0, 0.05) is 37.2 Å². The van der Waals surface area contributed by atoms with Crippen molar-refractivity contribution in [1.82, 2.24) is 0 Å². The van der Waals surface area contributed by atoms with Crippen molar-refractivity contribution in [3.05, 3.63) is 0 Å². The molecule has 0 amide bonds. The first-order valence-electron chi connectivity index (χ1n) is 4.98. The summed E-state index contributed by atoms with van der Waals surface area (Å²) in [6.45, 7) is 4.20. The predicted molar refractivity (Wildman–Crippen MR) is 78.0 cm³/mol. The Morgan fingerprint density at radius 2 is 1.86 bits per heavy atom. The molecule has 0 rings (SSSR count). The van der Waals surface area contributed by atoms with E-state index in [0.29, 0.717) is 0 Å². The van der Waals surface area contributed by atoms with E-state index in [9.17, 15) is 4.79 Å². The van der Waals surface area contributed by atoms with Crippen molar-refractivity contribution in [3.8, 4) is 0 Å². The lowest BCUT2D eigenvalue weighted by molar-refractivity contribution is -0.145. The molecule has 4 heteroatoms. The fourth-order valence-electron chi connectivity index (χ4n) is 1.30. The SMILES string of the molecule is CCCCCC(CC)C(=O)OC.II. The highest BCUT2D eigenvalue weighted by atomic mass is 128. The quantitative estimate of drug-likeness (QED) is 0.355. The van der Waals surface area contributed by atoms with Gasteiger partial charge in [-0.05, 0) is 12.8 Å². The summed E-state index contributed by atoms with van der Waals surface area (Å²) in [5.74, 6) is 0.0788. The van der Waals surface area contributed by atoms with E-state index in [1.54, 1.807) is 0 Å². The van der Waals surface area contributed by atoms with Gasteiger partial charge in [0.15, 0.2) is 0 Å². The molecule has 0 heterocycles. The van der Waals surface area contributed by atoms with Crippen LogP contribution in [0.1, 0.15) is 46.0 Å². The van der Waals surface area contributed by atoms with Crippen LogP contribution in [-0.4, -0.2) is 13.1 Å². The van der Waals surface area contributed by atoms with Gasteiger partial charge in [0.05, 0.1) is 13.0 Å². The summed E-state index contributed by atoms with van der Waals surface area (Å²) in [5.41, 5.74) is 0. The van der Waals surface area contributed by atoms with E-state index in [1.165, 1.54) is 20.0 Å². The van der Waals surface area contributed by atoms with Crippen molar-refractivity contribution < 1.29 is 9.53 Å². The minimum Gasteiger partial charge on any atom is -0.469 e. The van der Waals surface area contributed by atoms with Crippen LogP contribution < -0.4 is 0 Å². The molecule has 0 fully saturated rings. The minimum absolute atomic E-state index is 0.0476. The summed E-state index contributed by atoms with van der Waals surface area (Å²) >= 11 is 4.24. The second-order valence-corrected chi connectivity index (χ2v) is 3.12.